The fraction of sp³-hybridized carbons (Fsp3) is 0.238. The minimum atomic E-state index is -3.91. The maximum absolute atomic E-state index is 13.2. The fourth-order valence-corrected chi connectivity index (χ4v) is 4.42. The van der Waals surface area contributed by atoms with E-state index in [9.17, 15) is 13.2 Å². The molecule has 0 saturated heterocycles. The average molecular weight is 481 g/mol. The number of carbonyl (C=O) groups is 1. The first-order valence-electron chi connectivity index (χ1n) is 9.43. The third-order valence-corrected chi connectivity index (χ3v) is 6.68. The van der Waals surface area contributed by atoms with Gasteiger partial charge in [-0.15, -0.1) is 0 Å². The van der Waals surface area contributed by atoms with Crippen LogP contribution in [-0.4, -0.2) is 35.0 Å². The summed E-state index contributed by atoms with van der Waals surface area (Å²) in [5.74, 6) is -0.213. The largest absolute Gasteiger partial charge is 0.332 e. The Morgan fingerprint density at radius 2 is 1.90 bits per heavy atom. The highest BCUT2D eigenvalue weighted by atomic mass is 35.5. The zero-order valence-corrected chi connectivity index (χ0v) is 19.5. The molecule has 3 rings (SSSR count). The molecule has 0 atom stereocenters. The minimum Gasteiger partial charge on any atom is -0.332 e. The van der Waals surface area contributed by atoms with Gasteiger partial charge >= 0.3 is 0 Å². The van der Waals surface area contributed by atoms with E-state index in [1.54, 1.807) is 34.0 Å². The van der Waals surface area contributed by atoms with Gasteiger partial charge in [-0.1, -0.05) is 29.3 Å². The molecule has 1 heterocycles. The molecule has 2 aromatic carbocycles. The van der Waals surface area contributed by atoms with Crippen LogP contribution in [0.2, 0.25) is 10.0 Å². The average Bonchev–Trinajstić information content (AvgIpc) is 3.12. The van der Waals surface area contributed by atoms with Crippen LogP contribution in [0.4, 0.5) is 5.69 Å². The quantitative estimate of drug-likeness (QED) is 0.536. The number of aryl methyl sites for hydroxylation is 1. The lowest BCUT2D eigenvalue weighted by Crippen LogP contribution is -2.36. The Labute approximate surface area is 191 Å². The third-order valence-electron chi connectivity index (χ3n) is 4.56. The smallest absolute Gasteiger partial charge is 0.261 e. The monoisotopic (exact) mass is 480 g/mol. The molecule has 7 nitrogen and oxygen atoms in total. The van der Waals surface area contributed by atoms with Crippen molar-refractivity contribution < 1.29 is 13.2 Å². The molecule has 0 aliphatic heterocycles. The predicted molar refractivity (Wildman–Crippen MR) is 122 cm³/mol. The molecule has 0 fully saturated rings. The number of aromatic nitrogens is 2. The van der Waals surface area contributed by atoms with Crippen LogP contribution in [0.15, 0.2) is 59.8 Å². The first-order chi connectivity index (χ1) is 14.6. The maximum atomic E-state index is 13.2. The Hall–Kier alpha value is -2.55. The van der Waals surface area contributed by atoms with Crippen LogP contribution in [0.3, 0.4) is 0 Å². The van der Waals surface area contributed by atoms with Crippen LogP contribution in [0.5, 0.6) is 0 Å². The number of benzene rings is 2. The molecule has 0 unspecified atom stereocenters. The second kappa shape index (κ2) is 9.30. The van der Waals surface area contributed by atoms with Crippen LogP contribution in [0.1, 0.15) is 29.8 Å². The topological polar surface area (TPSA) is 84.3 Å². The first-order valence-corrected chi connectivity index (χ1v) is 11.7. The summed E-state index contributed by atoms with van der Waals surface area (Å²) < 4.78 is 29.6. The molecule has 0 bridgehead atoms. The number of nitrogens with one attached hydrogen (secondary N) is 1. The summed E-state index contributed by atoms with van der Waals surface area (Å²) in [4.78, 5) is 14.8. The zero-order valence-electron chi connectivity index (χ0n) is 17.2. The zero-order chi connectivity index (χ0) is 22.8. The van der Waals surface area contributed by atoms with Crippen LogP contribution < -0.4 is 4.72 Å². The van der Waals surface area contributed by atoms with Crippen molar-refractivity contribution in [1.82, 2.24) is 14.7 Å². The molecule has 1 amide bonds. The Morgan fingerprint density at radius 1 is 1.16 bits per heavy atom. The maximum Gasteiger partial charge on any atom is 0.261 e. The standard InChI is InChI=1S/C21H22Cl2N4O3S/c1-14(2)27(13-15-11-24-26(3)12-15)21(28)16-5-4-6-17(9-16)25-31(29,30)18-7-8-19(22)20(23)10-18/h4-12,14,25H,13H2,1-3H3. The molecule has 10 heteroatoms. The van der Waals surface area contributed by atoms with E-state index in [0.717, 1.165) is 5.56 Å². The molecule has 3 aromatic rings. The molecule has 31 heavy (non-hydrogen) atoms. The number of anilines is 1. The van der Waals surface area contributed by atoms with Crippen LogP contribution in [-0.2, 0) is 23.6 Å². The minimum absolute atomic E-state index is 0.0287. The number of halogens is 2. The van der Waals surface area contributed by atoms with Gasteiger partial charge in [0, 0.05) is 42.6 Å². The summed E-state index contributed by atoms with van der Waals surface area (Å²) >= 11 is 11.8. The summed E-state index contributed by atoms with van der Waals surface area (Å²) in [6.07, 6.45) is 3.56. The van der Waals surface area contributed by atoms with Crippen LogP contribution in [0.25, 0.3) is 0 Å². The van der Waals surface area contributed by atoms with Crippen molar-refractivity contribution >= 4 is 44.8 Å². The van der Waals surface area contributed by atoms with Gasteiger partial charge in [0.25, 0.3) is 15.9 Å². The Kier molecular flexibility index (Phi) is 6.93. The van der Waals surface area contributed by atoms with Crippen molar-refractivity contribution in [3.63, 3.8) is 0 Å². The molecule has 0 aliphatic rings. The lowest BCUT2D eigenvalue weighted by molar-refractivity contribution is 0.0690. The Bertz CT molecular complexity index is 1210. The number of rotatable bonds is 7. The molecule has 1 aromatic heterocycles. The van der Waals surface area contributed by atoms with E-state index in [1.807, 2.05) is 27.1 Å². The molecule has 1 N–H and O–H groups in total. The summed E-state index contributed by atoms with van der Waals surface area (Å²) in [6.45, 7) is 4.24. The van der Waals surface area contributed by atoms with E-state index in [0.29, 0.717) is 12.1 Å². The van der Waals surface area contributed by atoms with E-state index in [-0.39, 0.29) is 32.6 Å². The number of carbonyl (C=O) groups excluding carboxylic acids is 1. The second-order valence-corrected chi connectivity index (χ2v) is 9.81. The van der Waals surface area contributed by atoms with Crippen molar-refractivity contribution in [3.05, 3.63) is 76.0 Å². The number of hydrogen-bond donors (Lipinski definition) is 1. The molecular formula is C21H22Cl2N4O3S. The van der Waals surface area contributed by atoms with Gasteiger partial charge < -0.3 is 4.90 Å². The van der Waals surface area contributed by atoms with E-state index < -0.39 is 10.0 Å². The van der Waals surface area contributed by atoms with Crippen LogP contribution >= 0.6 is 23.2 Å². The van der Waals surface area contributed by atoms with Gasteiger partial charge in [0.15, 0.2) is 0 Å². The molecule has 0 aliphatic carbocycles. The van der Waals surface area contributed by atoms with E-state index in [1.165, 1.54) is 24.3 Å². The third kappa shape index (κ3) is 5.58. The van der Waals surface area contributed by atoms with Gasteiger partial charge in [-0.2, -0.15) is 5.10 Å². The Balaban J connectivity index is 1.84. The highest BCUT2D eigenvalue weighted by Gasteiger charge is 2.21. The molecular weight excluding hydrogens is 459 g/mol. The molecule has 164 valence electrons. The number of hydrogen-bond acceptors (Lipinski definition) is 4. The van der Waals surface area contributed by atoms with Crippen molar-refractivity contribution in [2.45, 2.75) is 31.3 Å². The number of amides is 1. The highest BCUT2D eigenvalue weighted by molar-refractivity contribution is 7.92. The number of nitrogens with zero attached hydrogens (tertiary/aromatic N) is 3. The van der Waals surface area contributed by atoms with Gasteiger partial charge in [-0.05, 0) is 50.2 Å². The fourth-order valence-electron chi connectivity index (χ4n) is 2.98. The lowest BCUT2D eigenvalue weighted by Gasteiger charge is -2.26. The van der Waals surface area contributed by atoms with Gasteiger partial charge in [0.2, 0.25) is 0 Å². The highest BCUT2D eigenvalue weighted by Crippen LogP contribution is 2.26. The second-order valence-electron chi connectivity index (χ2n) is 7.31. The first kappa shape index (κ1) is 23.1. The SMILES string of the molecule is CC(C)N(Cc1cnn(C)c1)C(=O)c1cccc(NS(=O)(=O)c2ccc(Cl)c(Cl)c2)c1. The van der Waals surface area contributed by atoms with Crippen molar-refractivity contribution in [3.8, 4) is 0 Å². The van der Waals surface area contributed by atoms with Gasteiger partial charge in [0.1, 0.15) is 0 Å². The van der Waals surface area contributed by atoms with Crippen LogP contribution in [0, 0.1) is 0 Å². The van der Waals surface area contributed by atoms with Crippen molar-refractivity contribution in [2.75, 3.05) is 4.72 Å². The summed E-state index contributed by atoms with van der Waals surface area (Å²) in [7, 11) is -2.09. The Morgan fingerprint density at radius 3 is 2.52 bits per heavy atom. The molecule has 0 radical (unpaired) electrons. The van der Waals surface area contributed by atoms with Gasteiger partial charge in [-0.3, -0.25) is 14.2 Å². The summed E-state index contributed by atoms with van der Waals surface area (Å²) in [5.41, 5.74) is 1.54. The van der Waals surface area contributed by atoms with Gasteiger partial charge in [-0.25, -0.2) is 8.42 Å². The predicted octanol–water partition coefficient (Wildman–Crippen LogP) is 4.58. The number of sulfonamides is 1. The van der Waals surface area contributed by atoms with E-state index in [2.05, 4.69) is 9.82 Å². The van der Waals surface area contributed by atoms with E-state index in [4.69, 9.17) is 23.2 Å². The van der Waals surface area contributed by atoms with E-state index >= 15 is 0 Å². The lowest BCUT2D eigenvalue weighted by atomic mass is 10.1. The normalized spacial score (nSPS) is 11.5. The summed E-state index contributed by atoms with van der Waals surface area (Å²) in [6, 6.07) is 10.3. The van der Waals surface area contributed by atoms with Crippen molar-refractivity contribution in [2.24, 2.45) is 7.05 Å². The summed E-state index contributed by atoms with van der Waals surface area (Å²) in [5, 5.41) is 4.54. The molecule has 0 spiro atoms. The van der Waals surface area contributed by atoms with Crippen molar-refractivity contribution in [1.29, 1.82) is 0 Å². The van der Waals surface area contributed by atoms with Gasteiger partial charge in [0.05, 0.1) is 21.1 Å². The molecule has 0 saturated carbocycles.